The maximum absolute atomic E-state index is 4.30. The Hall–Kier alpha value is -9.52. The Morgan fingerprint density at radius 3 is 0.643 bits per heavy atom. The minimum atomic E-state index is 1.09. The van der Waals surface area contributed by atoms with Gasteiger partial charge in [0.1, 0.15) is 0 Å². The van der Waals surface area contributed by atoms with Gasteiger partial charge in [-0.2, -0.15) is 0 Å². The van der Waals surface area contributed by atoms with Gasteiger partial charge in [0.25, 0.3) is 0 Å². The van der Waals surface area contributed by atoms with Gasteiger partial charge in [-0.05, 0) is 232 Å². The van der Waals surface area contributed by atoms with Crippen molar-refractivity contribution in [2.45, 2.75) is 194 Å². The smallest absolute Gasteiger partial charge is 0.0707 e. The molecule has 98 heavy (non-hydrogen) atoms. The molecule has 0 bridgehead atoms. The summed E-state index contributed by atoms with van der Waals surface area (Å²) in [6, 6.07) is 58.8. The summed E-state index contributed by atoms with van der Waals surface area (Å²) in [5, 5.41) is 15.6. The van der Waals surface area contributed by atoms with Crippen LogP contribution in [0.3, 0.4) is 0 Å². The van der Waals surface area contributed by atoms with Gasteiger partial charge in [0, 0.05) is 93.3 Å². The number of hydrogen-bond donors (Lipinski definition) is 0. The number of pyridine rings is 6. The number of aryl methyl sites for hydroxylation is 14. The average molecular weight is 1310 g/mol. The molecule has 0 aliphatic carbocycles. The van der Waals surface area contributed by atoms with Crippen molar-refractivity contribution in [3.8, 4) is 0 Å². The molecule has 6 heteroatoms. The zero-order valence-corrected chi connectivity index (χ0v) is 65.5. The molecule has 0 atom stereocenters. The van der Waals surface area contributed by atoms with Crippen LogP contribution in [0.25, 0.3) is 75.7 Å². The highest BCUT2D eigenvalue weighted by atomic mass is 14.7. The van der Waals surface area contributed by atoms with Crippen molar-refractivity contribution < 1.29 is 0 Å². The SMILES string of the molecule is CC.CC.CC.CC.CC.CC.CC.Cc1cccc2cccc(C)c12.Cc1cccc2ccnc(C)c12.Cc1cccc2ccnc(C)c12.Cc1cccc2cncc(C)c12.Cc1cccc2cncc(C)c12.Cc1cccc2nccc(C)c12.Cc1cccc2nccc(C)c12. The zero-order valence-electron chi connectivity index (χ0n) is 65.5. The Bertz CT molecular complexity index is 3490. The molecule has 14 rings (SSSR count). The van der Waals surface area contributed by atoms with E-state index in [9.17, 15) is 0 Å². The van der Waals surface area contributed by atoms with Gasteiger partial charge in [-0.15, -0.1) is 0 Å². The zero-order chi connectivity index (χ0) is 73.9. The van der Waals surface area contributed by atoms with Crippen LogP contribution in [0.5, 0.6) is 0 Å². The Balaban J connectivity index is 0.000000554. The van der Waals surface area contributed by atoms with E-state index >= 15 is 0 Å². The third kappa shape index (κ3) is 25.2. The highest BCUT2D eigenvalue weighted by Crippen LogP contribution is 2.26. The largest absolute Gasteiger partial charge is 0.264 e. The quantitative estimate of drug-likeness (QED) is 0.151. The molecule has 0 saturated carbocycles. The van der Waals surface area contributed by atoms with Crippen molar-refractivity contribution in [2.75, 3.05) is 0 Å². The molecule has 0 radical (unpaired) electrons. The molecule has 0 aliphatic rings. The molecule has 0 spiro atoms. The minimum Gasteiger partial charge on any atom is -0.264 e. The summed E-state index contributed by atoms with van der Waals surface area (Å²) >= 11 is 0. The van der Waals surface area contributed by atoms with Gasteiger partial charge in [-0.3, -0.25) is 29.9 Å². The molecule has 6 aromatic heterocycles. The second kappa shape index (κ2) is 48.2. The molecule has 0 unspecified atom stereocenters. The van der Waals surface area contributed by atoms with Gasteiger partial charge in [0.2, 0.25) is 0 Å². The van der Waals surface area contributed by atoms with Crippen LogP contribution in [0.4, 0.5) is 0 Å². The predicted octanol–water partition coefficient (Wildman–Crippen LogP) is 27.7. The third-order valence-corrected chi connectivity index (χ3v) is 15.4. The molecule has 8 aromatic carbocycles. The van der Waals surface area contributed by atoms with Gasteiger partial charge < -0.3 is 0 Å². The van der Waals surface area contributed by atoms with Gasteiger partial charge in [0.15, 0.2) is 0 Å². The number of aromatic nitrogens is 6. The van der Waals surface area contributed by atoms with Gasteiger partial charge in [-0.25, -0.2) is 0 Å². The van der Waals surface area contributed by atoms with E-state index in [0.29, 0.717) is 0 Å². The van der Waals surface area contributed by atoms with Crippen molar-refractivity contribution >= 4 is 75.7 Å². The molecule has 6 heterocycles. The average Bonchev–Trinajstić information content (AvgIpc) is 0.944. The number of fused-ring (bicyclic) bond motifs is 7. The molecule has 0 N–H and O–H groups in total. The first-order valence-electron chi connectivity index (χ1n) is 35.8. The lowest BCUT2D eigenvalue weighted by Crippen LogP contribution is -1.85. The highest BCUT2D eigenvalue weighted by molar-refractivity contribution is 5.91. The van der Waals surface area contributed by atoms with Crippen LogP contribution >= 0.6 is 0 Å². The first kappa shape index (κ1) is 86.5. The van der Waals surface area contributed by atoms with Crippen molar-refractivity contribution in [1.82, 2.24) is 29.9 Å². The van der Waals surface area contributed by atoms with Crippen LogP contribution in [0.15, 0.2) is 219 Å². The molecule has 0 amide bonds. The summed E-state index contributed by atoms with van der Waals surface area (Å²) in [7, 11) is 0. The first-order chi connectivity index (χ1) is 47.5. The molecule has 0 saturated heterocycles. The molecule has 6 nitrogen and oxygen atoms in total. The van der Waals surface area contributed by atoms with E-state index in [0.717, 1.165) is 22.4 Å². The number of nitrogens with zero attached hydrogens (tertiary/aromatic N) is 6. The summed E-state index contributed by atoms with van der Waals surface area (Å²) in [4.78, 5) is 25.4. The summed E-state index contributed by atoms with van der Waals surface area (Å²) in [5.41, 5.74) is 20.1. The van der Waals surface area contributed by atoms with E-state index in [-0.39, 0.29) is 0 Å². The second-order valence-electron chi connectivity index (χ2n) is 21.8. The van der Waals surface area contributed by atoms with E-state index in [4.69, 9.17) is 0 Å². The predicted molar refractivity (Wildman–Crippen MR) is 440 cm³/mol. The molecule has 0 aliphatic heterocycles. The fourth-order valence-corrected chi connectivity index (χ4v) is 11.4. The van der Waals surface area contributed by atoms with Crippen LogP contribution < -0.4 is 0 Å². The first-order valence-corrected chi connectivity index (χ1v) is 35.8. The second-order valence-corrected chi connectivity index (χ2v) is 21.8. The third-order valence-electron chi connectivity index (χ3n) is 15.4. The Kier molecular flexibility index (Phi) is 42.6. The molecular formula is C92H120N6. The van der Waals surface area contributed by atoms with Crippen LogP contribution in [-0.2, 0) is 0 Å². The Morgan fingerprint density at radius 2 is 0.388 bits per heavy atom. The van der Waals surface area contributed by atoms with Crippen molar-refractivity contribution in [3.63, 3.8) is 0 Å². The van der Waals surface area contributed by atoms with Crippen LogP contribution in [-0.4, -0.2) is 29.9 Å². The minimum absolute atomic E-state index is 1.09. The summed E-state index contributed by atoms with van der Waals surface area (Å²) in [6.07, 6.45) is 15.1. The Labute approximate surface area is 593 Å². The van der Waals surface area contributed by atoms with Crippen LogP contribution in [0.2, 0.25) is 0 Å². The normalized spacial score (nSPS) is 9.43. The monoisotopic (exact) mass is 1310 g/mol. The topological polar surface area (TPSA) is 77.3 Å². The van der Waals surface area contributed by atoms with E-state index in [1.807, 2.05) is 159 Å². The fraction of sp³-hybridized carbons (Fsp3) is 0.304. The Morgan fingerprint density at radius 1 is 0.173 bits per heavy atom. The van der Waals surface area contributed by atoms with E-state index in [1.54, 1.807) is 0 Å². The summed E-state index contributed by atoms with van der Waals surface area (Å²) in [5.74, 6) is 0. The van der Waals surface area contributed by atoms with Crippen LogP contribution in [0, 0.1) is 96.9 Å². The summed E-state index contributed by atoms with van der Waals surface area (Å²) in [6.45, 7) is 57.6. The fourth-order valence-electron chi connectivity index (χ4n) is 11.4. The highest BCUT2D eigenvalue weighted by Gasteiger charge is 2.05. The van der Waals surface area contributed by atoms with E-state index < -0.39 is 0 Å². The molecule has 518 valence electrons. The number of hydrogen-bond acceptors (Lipinski definition) is 6. The summed E-state index contributed by atoms with van der Waals surface area (Å²) < 4.78 is 0. The maximum Gasteiger partial charge on any atom is 0.0707 e. The maximum atomic E-state index is 4.30. The van der Waals surface area contributed by atoms with Gasteiger partial charge in [-0.1, -0.05) is 230 Å². The van der Waals surface area contributed by atoms with E-state index in [2.05, 4.69) is 285 Å². The number of benzene rings is 8. The lowest BCUT2D eigenvalue weighted by molar-refractivity contribution is 1.23. The lowest BCUT2D eigenvalue weighted by Gasteiger charge is -2.04. The van der Waals surface area contributed by atoms with Crippen LogP contribution in [0.1, 0.15) is 175 Å². The van der Waals surface area contributed by atoms with Gasteiger partial charge >= 0.3 is 0 Å². The molecule has 14 aromatic rings. The van der Waals surface area contributed by atoms with Crippen molar-refractivity contribution in [1.29, 1.82) is 0 Å². The van der Waals surface area contributed by atoms with Gasteiger partial charge in [0.05, 0.1) is 11.0 Å². The standard InChI is InChI=1S/C12H12.6C11H11N.7C2H6/c1-9-5-3-7-11-8-4-6-10(2)12(9)11;2*1-8-4-3-5-10-7-12-6-9(2)11(8)10;2*1-8-4-3-5-10-6-7-12-9(2)11(8)10;2*1-8-4-3-5-10-11(8)9(2)6-7-12-10;7*1-2/h3-8H,1-2H3;6*3-7H,1-2H3;7*1-2H3. The van der Waals surface area contributed by atoms with Crippen molar-refractivity contribution in [2.24, 2.45) is 0 Å². The molecule has 0 fully saturated rings. The van der Waals surface area contributed by atoms with Crippen molar-refractivity contribution in [3.05, 3.63) is 298 Å². The van der Waals surface area contributed by atoms with E-state index in [1.165, 1.54) is 131 Å². The lowest BCUT2D eigenvalue weighted by atomic mass is 10.0. The molecular weight excluding hydrogens is 1190 g/mol. The number of rotatable bonds is 0.